The van der Waals surface area contributed by atoms with E-state index < -0.39 is 12.1 Å². The topological polar surface area (TPSA) is 66.8 Å². The van der Waals surface area contributed by atoms with Crippen LogP contribution in [0.15, 0.2) is 12.2 Å². The van der Waals surface area contributed by atoms with E-state index >= 15 is 0 Å². The highest BCUT2D eigenvalue weighted by Crippen LogP contribution is 2.05. The average molecular weight is 171 g/mol. The van der Waals surface area contributed by atoms with Gasteiger partial charge < -0.3 is 14.7 Å². The first-order valence-corrected chi connectivity index (χ1v) is 3.44. The molecular formula is C7H9NO4. The molecule has 1 aliphatic rings. The minimum atomic E-state index is -1.09. The lowest BCUT2D eigenvalue weighted by atomic mass is 10.3. The van der Waals surface area contributed by atoms with Crippen molar-refractivity contribution in [2.75, 3.05) is 19.7 Å². The average Bonchev–Trinajstić information content (AvgIpc) is 2.36. The minimum absolute atomic E-state index is 0.00569. The van der Waals surface area contributed by atoms with Crippen molar-refractivity contribution in [3.8, 4) is 0 Å². The number of hydrogen-bond donors (Lipinski definition) is 1. The van der Waals surface area contributed by atoms with Crippen molar-refractivity contribution in [3.63, 3.8) is 0 Å². The Kier molecular flexibility index (Phi) is 2.32. The fourth-order valence-electron chi connectivity index (χ4n) is 0.867. The highest BCUT2D eigenvalue weighted by molar-refractivity contribution is 5.87. The highest BCUT2D eigenvalue weighted by Gasteiger charge is 2.23. The van der Waals surface area contributed by atoms with E-state index in [9.17, 15) is 9.59 Å². The summed E-state index contributed by atoms with van der Waals surface area (Å²) in [5, 5.41) is 8.45. The number of nitrogens with zero attached hydrogens (tertiary/aromatic N) is 1. The van der Waals surface area contributed by atoms with Gasteiger partial charge in [-0.2, -0.15) is 0 Å². The van der Waals surface area contributed by atoms with E-state index in [1.54, 1.807) is 0 Å². The van der Waals surface area contributed by atoms with Gasteiger partial charge in [0.1, 0.15) is 6.61 Å². The summed E-state index contributed by atoms with van der Waals surface area (Å²) in [5.74, 6) is -1.09. The number of carboxylic acids is 1. The number of hydrogen-bond acceptors (Lipinski definition) is 3. The molecule has 0 unspecified atom stereocenters. The molecule has 0 saturated carbocycles. The Balaban J connectivity index is 2.46. The van der Waals surface area contributed by atoms with Gasteiger partial charge in [0, 0.05) is 5.57 Å². The van der Waals surface area contributed by atoms with Crippen LogP contribution in [-0.4, -0.2) is 41.8 Å². The van der Waals surface area contributed by atoms with Crippen LogP contribution in [0.25, 0.3) is 0 Å². The van der Waals surface area contributed by atoms with Gasteiger partial charge in [-0.25, -0.2) is 9.59 Å². The Morgan fingerprint density at radius 3 is 2.83 bits per heavy atom. The van der Waals surface area contributed by atoms with Crippen LogP contribution in [0, 0.1) is 0 Å². The molecule has 66 valence electrons. The van der Waals surface area contributed by atoms with Crippen molar-refractivity contribution in [1.29, 1.82) is 0 Å². The molecule has 1 rings (SSSR count). The van der Waals surface area contributed by atoms with E-state index in [0.717, 1.165) is 0 Å². The third kappa shape index (κ3) is 1.75. The van der Waals surface area contributed by atoms with Gasteiger partial charge in [-0.15, -0.1) is 0 Å². The molecule has 1 N–H and O–H groups in total. The zero-order chi connectivity index (χ0) is 9.14. The molecule has 1 saturated heterocycles. The van der Waals surface area contributed by atoms with Crippen LogP contribution in [0.1, 0.15) is 0 Å². The summed E-state index contributed by atoms with van der Waals surface area (Å²) in [4.78, 5) is 22.4. The third-order valence-corrected chi connectivity index (χ3v) is 1.53. The summed E-state index contributed by atoms with van der Waals surface area (Å²) in [6, 6.07) is 0. The van der Waals surface area contributed by atoms with E-state index in [0.29, 0.717) is 13.2 Å². The second-order valence-corrected chi connectivity index (χ2v) is 2.44. The first-order valence-electron chi connectivity index (χ1n) is 3.44. The molecule has 0 spiro atoms. The van der Waals surface area contributed by atoms with Crippen LogP contribution in [-0.2, 0) is 9.53 Å². The van der Waals surface area contributed by atoms with Crippen molar-refractivity contribution in [3.05, 3.63) is 12.2 Å². The molecule has 1 fully saturated rings. The summed E-state index contributed by atoms with van der Waals surface area (Å²) < 4.78 is 4.60. The van der Waals surface area contributed by atoms with Gasteiger partial charge >= 0.3 is 12.1 Å². The first kappa shape index (κ1) is 8.58. The Hall–Kier alpha value is -1.52. The van der Waals surface area contributed by atoms with Crippen molar-refractivity contribution >= 4 is 12.1 Å². The fraction of sp³-hybridized carbons (Fsp3) is 0.429. The van der Waals surface area contributed by atoms with Crippen LogP contribution in [0.4, 0.5) is 4.79 Å². The molecule has 1 amide bonds. The van der Waals surface area contributed by atoms with E-state index in [1.807, 2.05) is 0 Å². The molecule has 1 heterocycles. The molecule has 5 nitrogen and oxygen atoms in total. The SMILES string of the molecule is C=C(CN1CCOC1=O)C(=O)O. The number of cyclic esters (lactones) is 1. The van der Waals surface area contributed by atoms with Crippen LogP contribution in [0.3, 0.4) is 0 Å². The zero-order valence-electron chi connectivity index (χ0n) is 6.45. The minimum Gasteiger partial charge on any atom is -0.478 e. The smallest absolute Gasteiger partial charge is 0.410 e. The number of carboxylic acid groups (broad SMARTS) is 1. The standard InChI is InChI=1S/C7H9NO4/c1-5(6(9)10)4-8-2-3-12-7(8)11/h1-4H2,(H,9,10). The molecule has 0 radical (unpaired) electrons. The normalized spacial score (nSPS) is 16.0. The predicted molar refractivity (Wildman–Crippen MR) is 39.7 cm³/mol. The van der Waals surface area contributed by atoms with Crippen LogP contribution in [0.5, 0.6) is 0 Å². The third-order valence-electron chi connectivity index (χ3n) is 1.53. The number of amides is 1. The number of ether oxygens (including phenoxy) is 1. The molecule has 12 heavy (non-hydrogen) atoms. The summed E-state index contributed by atoms with van der Waals surface area (Å²) in [5.41, 5.74) is -0.00569. The first-order chi connectivity index (χ1) is 5.61. The van der Waals surface area contributed by atoms with Crippen molar-refractivity contribution < 1.29 is 19.4 Å². The Bertz CT molecular complexity index is 236. The van der Waals surface area contributed by atoms with Gasteiger partial charge in [-0.05, 0) is 0 Å². The van der Waals surface area contributed by atoms with Crippen LogP contribution < -0.4 is 0 Å². The molecule has 0 atom stereocenters. The number of carbonyl (C=O) groups excluding carboxylic acids is 1. The van der Waals surface area contributed by atoms with Gasteiger partial charge in [0.15, 0.2) is 0 Å². The molecule has 0 aliphatic carbocycles. The van der Waals surface area contributed by atoms with Gasteiger partial charge in [-0.3, -0.25) is 0 Å². The molecular weight excluding hydrogens is 162 g/mol. The second kappa shape index (κ2) is 3.25. The molecule has 0 aromatic rings. The maximum absolute atomic E-state index is 10.8. The second-order valence-electron chi connectivity index (χ2n) is 2.44. The van der Waals surface area contributed by atoms with Crippen LogP contribution in [0.2, 0.25) is 0 Å². The largest absolute Gasteiger partial charge is 0.478 e. The Morgan fingerprint density at radius 1 is 1.75 bits per heavy atom. The lowest BCUT2D eigenvalue weighted by Crippen LogP contribution is -2.28. The lowest BCUT2D eigenvalue weighted by molar-refractivity contribution is -0.132. The maximum atomic E-state index is 10.8. The van der Waals surface area contributed by atoms with Crippen molar-refractivity contribution in [1.82, 2.24) is 4.90 Å². The monoisotopic (exact) mass is 171 g/mol. The summed E-state index contributed by atoms with van der Waals surface area (Å²) >= 11 is 0. The molecule has 0 aromatic carbocycles. The zero-order valence-corrected chi connectivity index (χ0v) is 6.45. The molecule has 0 aromatic heterocycles. The Labute approximate surface area is 69.2 Å². The number of carbonyl (C=O) groups is 2. The van der Waals surface area contributed by atoms with Gasteiger partial charge in [0.2, 0.25) is 0 Å². The summed E-state index contributed by atoms with van der Waals surface area (Å²) in [6.07, 6.45) is -0.475. The summed E-state index contributed by atoms with van der Waals surface area (Å²) in [6.45, 7) is 4.10. The molecule has 5 heteroatoms. The quantitative estimate of drug-likeness (QED) is 0.610. The number of rotatable bonds is 3. The maximum Gasteiger partial charge on any atom is 0.410 e. The van der Waals surface area contributed by atoms with E-state index in [-0.39, 0.29) is 12.1 Å². The van der Waals surface area contributed by atoms with Gasteiger partial charge in [0.05, 0.1) is 13.1 Å². The van der Waals surface area contributed by atoms with E-state index in [4.69, 9.17) is 5.11 Å². The fourth-order valence-corrected chi connectivity index (χ4v) is 0.867. The van der Waals surface area contributed by atoms with Crippen LogP contribution >= 0.6 is 0 Å². The number of aliphatic carboxylic acids is 1. The molecule has 0 bridgehead atoms. The Morgan fingerprint density at radius 2 is 2.42 bits per heavy atom. The predicted octanol–water partition coefficient (Wildman–Crippen LogP) is 0.0794. The van der Waals surface area contributed by atoms with Crippen molar-refractivity contribution in [2.45, 2.75) is 0 Å². The molecule has 1 aliphatic heterocycles. The lowest BCUT2D eigenvalue weighted by Gasteiger charge is -2.11. The highest BCUT2D eigenvalue weighted by atomic mass is 16.6. The summed E-state index contributed by atoms with van der Waals surface area (Å²) in [7, 11) is 0. The van der Waals surface area contributed by atoms with E-state index in [1.165, 1.54) is 4.90 Å². The van der Waals surface area contributed by atoms with Gasteiger partial charge in [-0.1, -0.05) is 6.58 Å². The van der Waals surface area contributed by atoms with Gasteiger partial charge in [0.25, 0.3) is 0 Å². The van der Waals surface area contributed by atoms with Crippen molar-refractivity contribution in [2.24, 2.45) is 0 Å². The van der Waals surface area contributed by atoms with E-state index in [2.05, 4.69) is 11.3 Å².